The van der Waals surface area contributed by atoms with Crippen LogP contribution >= 0.6 is 23.2 Å². The fourth-order valence-electron chi connectivity index (χ4n) is 3.77. The number of hydrogen-bond donors (Lipinski definition) is 2. The van der Waals surface area contributed by atoms with E-state index in [1.165, 1.54) is 12.1 Å². The number of rotatable bonds is 12. The molecule has 2 aromatic carbocycles. The highest BCUT2D eigenvalue weighted by atomic mass is 35.5. The monoisotopic (exact) mass is 516 g/mol. The minimum atomic E-state index is -0.973. The van der Waals surface area contributed by atoms with Gasteiger partial charge in [0.1, 0.15) is 11.5 Å². The Morgan fingerprint density at radius 3 is 2.46 bits per heavy atom. The van der Waals surface area contributed by atoms with Crippen molar-refractivity contribution in [3.05, 3.63) is 75.0 Å². The fraction of sp³-hybridized carbons (Fsp3) is 0.346. The van der Waals surface area contributed by atoms with E-state index in [1.54, 1.807) is 30.3 Å². The summed E-state index contributed by atoms with van der Waals surface area (Å²) in [6, 6.07) is 11.8. The van der Waals surface area contributed by atoms with Crippen LogP contribution in [0.2, 0.25) is 10.0 Å². The number of carbonyl (C=O) groups is 2. The number of nitrogens with zero attached hydrogens (tertiary/aromatic N) is 1. The van der Waals surface area contributed by atoms with Crippen LogP contribution in [0.15, 0.2) is 47.0 Å². The zero-order valence-corrected chi connectivity index (χ0v) is 20.6. The molecule has 1 amide bonds. The van der Waals surface area contributed by atoms with Crippen LogP contribution < -0.4 is 5.32 Å². The first-order valence-electron chi connectivity index (χ1n) is 11.5. The Bertz CT molecular complexity index is 1170. The van der Waals surface area contributed by atoms with Crippen LogP contribution in [0, 0.1) is 0 Å². The van der Waals surface area contributed by atoms with Gasteiger partial charge in [-0.1, -0.05) is 46.6 Å². The van der Waals surface area contributed by atoms with Crippen molar-refractivity contribution < 1.29 is 24.0 Å². The summed E-state index contributed by atoms with van der Waals surface area (Å²) in [6.45, 7) is 1.19. The molecular weight excluding hydrogens is 491 g/mol. The summed E-state index contributed by atoms with van der Waals surface area (Å²) in [4.78, 5) is 23.0. The first-order valence-corrected chi connectivity index (χ1v) is 12.3. The standard InChI is InChI=1S/C26H26Cl2N2O5/c27-20-4-3-5-21(28)23(20)24-19(25(35-30-24)17-11-12-17)15-34-13-2-1-6-22(31)29-14-16-7-9-18(10-8-16)26(32)33/h3-5,7-10,17H,1-2,6,11-15H2,(H,29,31)(H,32,33). The van der Waals surface area contributed by atoms with Gasteiger partial charge in [-0.3, -0.25) is 4.79 Å². The third-order valence-electron chi connectivity index (χ3n) is 5.85. The summed E-state index contributed by atoms with van der Waals surface area (Å²) >= 11 is 12.8. The number of ether oxygens (including phenoxy) is 1. The number of carbonyl (C=O) groups excluding carboxylic acids is 1. The van der Waals surface area contributed by atoms with Crippen molar-refractivity contribution in [1.29, 1.82) is 0 Å². The molecule has 7 nitrogen and oxygen atoms in total. The van der Waals surface area contributed by atoms with Crippen LogP contribution in [0.4, 0.5) is 0 Å². The number of benzene rings is 2. The third kappa shape index (κ3) is 6.63. The molecule has 0 atom stereocenters. The Labute approximate surface area is 213 Å². The van der Waals surface area contributed by atoms with Gasteiger partial charge in [0.15, 0.2) is 0 Å². The van der Waals surface area contributed by atoms with E-state index in [-0.39, 0.29) is 11.5 Å². The van der Waals surface area contributed by atoms with Crippen molar-refractivity contribution in [2.75, 3.05) is 6.61 Å². The van der Waals surface area contributed by atoms with Gasteiger partial charge in [-0.25, -0.2) is 4.79 Å². The Morgan fingerprint density at radius 1 is 1.09 bits per heavy atom. The van der Waals surface area contributed by atoms with Gasteiger partial charge in [0, 0.05) is 36.6 Å². The van der Waals surface area contributed by atoms with E-state index in [0.717, 1.165) is 36.1 Å². The zero-order chi connectivity index (χ0) is 24.8. The second-order valence-electron chi connectivity index (χ2n) is 8.53. The molecule has 2 N–H and O–H groups in total. The van der Waals surface area contributed by atoms with Crippen LogP contribution in [-0.2, 0) is 22.7 Å². The van der Waals surface area contributed by atoms with Gasteiger partial charge in [0.05, 0.1) is 22.2 Å². The van der Waals surface area contributed by atoms with Gasteiger partial charge in [-0.15, -0.1) is 0 Å². The highest BCUT2D eigenvalue weighted by Gasteiger charge is 2.33. The van der Waals surface area contributed by atoms with Gasteiger partial charge < -0.3 is 19.7 Å². The topological polar surface area (TPSA) is 102 Å². The fourth-order valence-corrected chi connectivity index (χ4v) is 4.34. The molecule has 0 saturated heterocycles. The lowest BCUT2D eigenvalue weighted by Gasteiger charge is -2.09. The van der Waals surface area contributed by atoms with E-state index >= 15 is 0 Å². The van der Waals surface area contributed by atoms with Crippen LogP contribution in [-0.4, -0.2) is 28.7 Å². The quantitative estimate of drug-likeness (QED) is 0.276. The molecular formula is C26H26Cl2N2O5. The molecule has 0 bridgehead atoms. The van der Waals surface area contributed by atoms with Gasteiger partial charge in [-0.05, 0) is 55.5 Å². The van der Waals surface area contributed by atoms with E-state index in [1.807, 2.05) is 0 Å². The van der Waals surface area contributed by atoms with E-state index in [4.69, 9.17) is 37.6 Å². The molecule has 4 rings (SSSR count). The molecule has 9 heteroatoms. The first kappa shape index (κ1) is 25.2. The van der Waals surface area contributed by atoms with Crippen molar-refractivity contribution in [2.24, 2.45) is 0 Å². The van der Waals surface area contributed by atoms with Gasteiger partial charge >= 0.3 is 5.97 Å². The van der Waals surface area contributed by atoms with Crippen LogP contribution in [0.5, 0.6) is 0 Å². The molecule has 3 aromatic rings. The number of carboxylic acids is 1. The predicted molar refractivity (Wildman–Crippen MR) is 133 cm³/mol. The second kappa shape index (κ2) is 11.7. The smallest absolute Gasteiger partial charge is 0.335 e. The molecule has 0 radical (unpaired) electrons. The summed E-state index contributed by atoms with van der Waals surface area (Å²) in [5.41, 5.74) is 3.23. The Morgan fingerprint density at radius 2 is 1.80 bits per heavy atom. The number of aromatic nitrogens is 1. The lowest BCUT2D eigenvalue weighted by molar-refractivity contribution is -0.121. The highest BCUT2D eigenvalue weighted by Crippen LogP contribution is 2.46. The van der Waals surface area contributed by atoms with E-state index < -0.39 is 5.97 Å². The molecule has 184 valence electrons. The Balaban J connectivity index is 1.22. The Hall–Kier alpha value is -2.87. The number of carboxylic acid groups (broad SMARTS) is 1. The van der Waals surface area contributed by atoms with Crippen LogP contribution in [0.25, 0.3) is 11.3 Å². The molecule has 1 aliphatic carbocycles. The SMILES string of the molecule is O=C(CCCCOCc1c(-c2c(Cl)cccc2Cl)noc1C1CC1)NCc1ccc(C(=O)O)cc1. The van der Waals surface area contributed by atoms with Crippen molar-refractivity contribution in [2.45, 2.75) is 51.2 Å². The molecule has 1 aliphatic rings. The minimum Gasteiger partial charge on any atom is -0.478 e. The molecule has 1 aromatic heterocycles. The van der Waals surface area contributed by atoms with Crippen molar-refractivity contribution in [1.82, 2.24) is 10.5 Å². The van der Waals surface area contributed by atoms with E-state index in [2.05, 4.69) is 10.5 Å². The summed E-state index contributed by atoms with van der Waals surface area (Å²) in [5.74, 6) is 0.171. The number of nitrogens with one attached hydrogen (secondary N) is 1. The largest absolute Gasteiger partial charge is 0.478 e. The van der Waals surface area contributed by atoms with E-state index in [0.29, 0.717) is 59.8 Å². The molecule has 1 heterocycles. The summed E-state index contributed by atoms with van der Waals surface area (Å²) in [7, 11) is 0. The Kier molecular flexibility index (Phi) is 8.44. The maximum atomic E-state index is 12.1. The zero-order valence-electron chi connectivity index (χ0n) is 19.1. The maximum absolute atomic E-state index is 12.1. The molecule has 1 fully saturated rings. The predicted octanol–water partition coefficient (Wildman–Crippen LogP) is 6.23. The number of amides is 1. The van der Waals surface area contributed by atoms with Crippen molar-refractivity contribution >= 4 is 35.1 Å². The molecule has 0 spiro atoms. The van der Waals surface area contributed by atoms with Crippen molar-refractivity contribution in [3.63, 3.8) is 0 Å². The maximum Gasteiger partial charge on any atom is 0.335 e. The number of unbranched alkanes of at least 4 members (excludes halogenated alkanes) is 1. The summed E-state index contributed by atoms with van der Waals surface area (Å²) < 4.78 is 11.6. The minimum absolute atomic E-state index is 0.0574. The molecule has 0 unspecified atom stereocenters. The summed E-state index contributed by atoms with van der Waals surface area (Å²) in [6.07, 6.45) is 3.93. The normalized spacial score (nSPS) is 13.1. The molecule has 1 saturated carbocycles. The average Bonchev–Trinajstić information content (AvgIpc) is 3.61. The first-order chi connectivity index (χ1) is 16.9. The third-order valence-corrected chi connectivity index (χ3v) is 6.48. The lowest BCUT2D eigenvalue weighted by atomic mass is 10.0. The number of halogens is 2. The lowest BCUT2D eigenvalue weighted by Crippen LogP contribution is -2.22. The van der Waals surface area contributed by atoms with Gasteiger partial charge in [0.2, 0.25) is 5.91 Å². The van der Waals surface area contributed by atoms with E-state index in [9.17, 15) is 9.59 Å². The summed E-state index contributed by atoms with van der Waals surface area (Å²) in [5, 5.41) is 17.1. The van der Waals surface area contributed by atoms with Crippen LogP contribution in [0.1, 0.15) is 65.3 Å². The highest BCUT2D eigenvalue weighted by molar-refractivity contribution is 6.39. The molecule has 35 heavy (non-hydrogen) atoms. The van der Waals surface area contributed by atoms with Crippen LogP contribution in [0.3, 0.4) is 0 Å². The average molecular weight is 517 g/mol. The van der Waals surface area contributed by atoms with Gasteiger partial charge in [-0.2, -0.15) is 0 Å². The van der Waals surface area contributed by atoms with Crippen molar-refractivity contribution in [3.8, 4) is 11.3 Å². The number of aromatic carboxylic acids is 1. The van der Waals surface area contributed by atoms with Gasteiger partial charge in [0.25, 0.3) is 0 Å². The molecule has 0 aliphatic heterocycles. The number of hydrogen-bond acceptors (Lipinski definition) is 5. The second-order valence-corrected chi connectivity index (χ2v) is 9.35.